The van der Waals surface area contributed by atoms with E-state index in [0.29, 0.717) is 37.3 Å². The molecule has 4 amide bonds. The van der Waals surface area contributed by atoms with Gasteiger partial charge < -0.3 is 15.4 Å². The number of urea groups is 1. The van der Waals surface area contributed by atoms with Gasteiger partial charge in [0.25, 0.3) is 5.91 Å². The van der Waals surface area contributed by atoms with Crippen LogP contribution in [0.15, 0.2) is 47.4 Å². The van der Waals surface area contributed by atoms with Gasteiger partial charge in [0.1, 0.15) is 12.1 Å². The lowest BCUT2D eigenvalue weighted by atomic mass is 9.92. The molecule has 2 aromatic rings. The summed E-state index contributed by atoms with van der Waals surface area (Å²) in [5.74, 6) is -1.05. The second-order valence-corrected chi connectivity index (χ2v) is 10.9. The quantitative estimate of drug-likeness (QED) is 0.600. The summed E-state index contributed by atoms with van der Waals surface area (Å²) in [6, 6.07) is 11.4. The molecule has 1 aliphatic carbocycles. The first kappa shape index (κ1) is 23.5. The van der Waals surface area contributed by atoms with E-state index < -0.39 is 40.0 Å². The van der Waals surface area contributed by atoms with Crippen molar-refractivity contribution in [1.29, 1.82) is 0 Å². The highest BCUT2D eigenvalue weighted by Gasteiger charge is 2.55. The van der Waals surface area contributed by atoms with Crippen LogP contribution in [0.3, 0.4) is 0 Å². The normalized spacial score (nSPS) is 22.4. The van der Waals surface area contributed by atoms with Crippen molar-refractivity contribution in [2.75, 3.05) is 38.2 Å². The molecule has 2 fully saturated rings. The van der Waals surface area contributed by atoms with E-state index in [9.17, 15) is 22.8 Å². The number of benzene rings is 2. The molecule has 10 nitrogen and oxygen atoms in total. The van der Waals surface area contributed by atoms with Crippen LogP contribution in [0, 0.1) is 6.92 Å². The molecular weight excluding hydrogens is 472 g/mol. The zero-order chi connectivity index (χ0) is 24.8. The molecule has 0 radical (unpaired) electrons. The maximum atomic E-state index is 13.3. The van der Waals surface area contributed by atoms with Crippen LogP contribution in [0.4, 0.5) is 10.5 Å². The van der Waals surface area contributed by atoms with Crippen molar-refractivity contribution in [3.05, 3.63) is 59.2 Å². The fraction of sp³-hybridized carbons (Fsp3) is 0.375. The van der Waals surface area contributed by atoms with Crippen molar-refractivity contribution >= 4 is 33.6 Å². The first-order chi connectivity index (χ1) is 16.7. The molecule has 2 aliphatic heterocycles. The Hall–Kier alpha value is -3.28. The summed E-state index contributed by atoms with van der Waals surface area (Å²) in [6.07, 6.45) is 1.10. The van der Waals surface area contributed by atoms with Crippen LogP contribution in [-0.4, -0.2) is 68.3 Å². The molecular formula is C24H26N4O6S. The number of ether oxygens (including phenoxy) is 1. The van der Waals surface area contributed by atoms with Crippen LogP contribution >= 0.6 is 0 Å². The summed E-state index contributed by atoms with van der Waals surface area (Å²) < 4.78 is 32.6. The number of hydrogen-bond donors (Lipinski definition) is 2. The molecule has 0 saturated carbocycles. The lowest BCUT2D eigenvalue weighted by molar-refractivity contribution is -0.134. The zero-order valence-corrected chi connectivity index (χ0v) is 20.1. The third-order valence-corrected chi connectivity index (χ3v) is 8.71. The molecule has 2 saturated heterocycles. The number of carbonyl (C=O) groups excluding carboxylic acids is 3. The van der Waals surface area contributed by atoms with Gasteiger partial charge in [0.2, 0.25) is 15.9 Å². The molecule has 5 rings (SSSR count). The smallest absolute Gasteiger partial charge is 0.325 e. The van der Waals surface area contributed by atoms with E-state index in [2.05, 4.69) is 10.6 Å². The standard InChI is InChI=1S/C24H26N4O6S/c1-16-6-7-18(35(32,33)27-10-12-34-13-11-27)14-20(16)25-21(29)15-28-22(30)24(26-23(28)31)9-8-17-4-2-3-5-19(17)24/h2-7,14H,8-13,15H2,1H3,(H,25,29)(H,26,31)/t24-/m0/s1. The maximum Gasteiger partial charge on any atom is 0.325 e. The Labute approximate surface area is 203 Å². The van der Waals surface area contributed by atoms with Crippen molar-refractivity contribution in [2.45, 2.75) is 30.2 Å². The third kappa shape index (κ3) is 3.99. The van der Waals surface area contributed by atoms with Crippen molar-refractivity contribution < 1.29 is 27.5 Å². The minimum Gasteiger partial charge on any atom is -0.379 e. The molecule has 1 spiro atoms. The SMILES string of the molecule is Cc1ccc(S(=O)(=O)N2CCOCC2)cc1NC(=O)CN1C(=O)N[C@]2(CCc3ccccc32)C1=O. The van der Waals surface area contributed by atoms with E-state index in [1.165, 1.54) is 16.4 Å². The number of rotatable bonds is 5. The number of aryl methyl sites for hydroxylation is 2. The number of imide groups is 1. The molecule has 0 aromatic heterocycles. The monoisotopic (exact) mass is 498 g/mol. The molecule has 35 heavy (non-hydrogen) atoms. The topological polar surface area (TPSA) is 125 Å². The number of sulfonamides is 1. The van der Waals surface area contributed by atoms with Crippen LogP contribution in [0.2, 0.25) is 0 Å². The minimum atomic E-state index is -3.75. The Morgan fingerprint density at radius 2 is 1.89 bits per heavy atom. The van der Waals surface area contributed by atoms with Gasteiger partial charge in [-0.05, 0) is 48.6 Å². The predicted octanol–water partition coefficient (Wildman–Crippen LogP) is 1.35. The second-order valence-electron chi connectivity index (χ2n) is 8.93. The van der Waals surface area contributed by atoms with Gasteiger partial charge in [-0.2, -0.15) is 4.31 Å². The fourth-order valence-corrected chi connectivity index (χ4v) is 6.33. The number of fused-ring (bicyclic) bond motifs is 2. The van der Waals surface area contributed by atoms with Crippen LogP contribution in [0.25, 0.3) is 0 Å². The second kappa shape index (κ2) is 8.74. The highest BCUT2D eigenvalue weighted by Crippen LogP contribution is 2.41. The molecule has 0 bridgehead atoms. The summed E-state index contributed by atoms with van der Waals surface area (Å²) in [4.78, 5) is 39.8. The van der Waals surface area contributed by atoms with E-state index >= 15 is 0 Å². The van der Waals surface area contributed by atoms with Gasteiger partial charge in [0, 0.05) is 18.8 Å². The molecule has 2 aromatic carbocycles. The van der Waals surface area contributed by atoms with Gasteiger partial charge in [0.15, 0.2) is 0 Å². The van der Waals surface area contributed by atoms with Gasteiger partial charge in [-0.3, -0.25) is 14.5 Å². The summed E-state index contributed by atoms with van der Waals surface area (Å²) in [5, 5.41) is 5.46. The van der Waals surface area contributed by atoms with Crippen molar-refractivity contribution in [1.82, 2.24) is 14.5 Å². The summed E-state index contributed by atoms with van der Waals surface area (Å²) in [5.41, 5.74) is 1.57. The Morgan fingerprint density at radius 3 is 2.66 bits per heavy atom. The first-order valence-corrected chi connectivity index (χ1v) is 12.9. The fourth-order valence-electron chi connectivity index (χ4n) is 4.90. The van der Waals surface area contributed by atoms with E-state index in [1.54, 1.807) is 13.0 Å². The highest BCUT2D eigenvalue weighted by molar-refractivity contribution is 7.89. The van der Waals surface area contributed by atoms with E-state index in [1.807, 2.05) is 24.3 Å². The number of amides is 4. The number of hydrogen-bond acceptors (Lipinski definition) is 6. The Morgan fingerprint density at radius 1 is 1.14 bits per heavy atom. The van der Waals surface area contributed by atoms with Crippen LogP contribution in [-0.2, 0) is 36.3 Å². The average molecular weight is 499 g/mol. The average Bonchev–Trinajstić information content (AvgIpc) is 3.34. The highest BCUT2D eigenvalue weighted by atomic mass is 32.2. The molecule has 0 unspecified atom stereocenters. The first-order valence-electron chi connectivity index (χ1n) is 11.4. The number of anilines is 1. The molecule has 184 valence electrons. The number of morpholine rings is 1. The van der Waals surface area contributed by atoms with Crippen molar-refractivity contribution in [3.8, 4) is 0 Å². The van der Waals surface area contributed by atoms with Gasteiger partial charge >= 0.3 is 6.03 Å². The number of nitrogens with one attached hydrogen (secondary N) is 2. The predicted molar refractivity (Wildman–Crippen MR) is 126 cm³/mol. The van der Waals surface area contributed by atoms with Crippen LogP contribution < -0.4 is 10.6 Å². The van der Waals surface area contributed by atoms with Gasteiger partial charge in [-0.1, -0.05) is 30.3 Å². The van der Waals surface area contributed by atoms with E-state index in [0.717, 1.165) is 16.0 Å². The lowest BCUT2D eigenvalue weighted by Crippen LogP contribution is -2.43. The van der Waals surface area contributed by atoms with Crippen LogP contribution in [0.1, 0.15) is 23.1 Å². The number of carbonyl (C=O) groups is 3. The van der Waals surface area contributed by atoms with Gasteiger partial charge in [0.05, 0.1) is 18.1 Å². The van der Waals surface area contributed by atoms with Crippen molar-refractivity contribution in [2.24, 2.45) is 0 Å². The van der Waals surface area contributed by atoms with Crippen LogP contribution in [0.5, 0.6) is 0 Å². The Kier molecular flexibility index (Phi) is 5.86. The largest absolute Gasteiger partial charge is 0.379 e. The summed E-state index contributed by atoms with van der Waals surface area (Å²) in [6.45, 7) is 2.43. The lowest BCUT2D eigenvalue weighted by Gasteiger charge is -2.26. The molecule has 2 N–H and O–H groups in total. The van der Waals surface area contributed by atoms with Gasteiger partial charge in [-0.15, -0.1) is 0 Å². The Bertz CT molecular complexity index is 1320. The van der Waals surface area contributed by atoms with Gasteiger partial charge in [-0.25, -0.2) is 13.2 Å². The maximum absolute atomic E-state index is 13.3. The minimum absolute atomic E-state index is 0.0526. The van der Waals surface area contributed by atoms with E-state index in [4.69, 9.17) is 4.74 Å². The molecule has 3 aliphatic rings. The Balaban J connectivity index is 1.32. The van der Waals surface area contributed by atoms with Crippen molar-refractivity contribution in [3.63, 3.8) is 0 Å². The van der Waals surface area contributed by atoms with E-state index in [-0.39, 0.29) is 18.0 Å². The molecule has 11 heteroatoms. The molecule has 1 atom stereocenters. The summed E-state index contributed by atoms with van der Waals surface area (Å²) in [7, 11) is -3.75. The third-order valence-electron chi connectivity index (χ3n) is 6.81. The molecule has 2 heterocycles. The summed E-state index contributed by atoms with van der Waals surface area (Å²) >= 11 is 0. The number of nitrogens with zero attached hydrogens (tertiary/aromatic N) is 2. The zero-order valence-electron chi connectivity index (χ0n) is 19.2.